The fourth-order valence-electron chi connectivity index (χ4n) is 1.39. The molecule has 0 aliphatic rings. The maximum absolute atomic E-state index is 10.9. The van der Waals surface area contributed by atoms with Crippen LogP contribution < -0.4 is 0 Å². The zero-order valence-electron chi connectivity index (χ0n) is 9.51. The Morgan fingerprint density at radius 2 is 2.33 bits per heavy atom. The molecule has 6 heteroatoms. The fraction of sp³-hybridized carbons (Fsp3) is 0.167. The topological polar surface area (TPSA) is 50.2 Å². The molecule has 2 aromatic rings. The smallest absolute Gasteiger partial charge is 0.337 e. The first-order chi connectivity index (χ1) is 8.56. The van der Waals surface area contributed by atoms with Gasteiger partial charge >= 0.3 is 5.97 Å². The van der Waals surface area contributed by atoms with Gasteiger partial charge in [0.05, 0.1) is 21.3 Å². The number of carboxylic acids is 1. The molecule has 1 aromatic heterocycles. The number of aryl methyl sites for hydroxylation is 1. The summed E-state index contributed by atoms with van der Waals surface area (Å²) in [6, 6.07) is 5.02. The van der Waals surface area contributed by atoms with Crippen molar-refractivity contribution in [3.05, 3.63) is 44.9 Å². The van der Waals surface area contributed by atoms with Gasteiger partial charge in [0.25, 0.3) is 0 Å². The number of aromatic nitrogens is 1. The maximum Gasteiger partial charge on any atom is 0.337 e. The minimum absolute atomic E-state index is 0.135. The third kappa shape index (κ3) is 3.25. The molecule has 0 saturated carbocycles. The van der Waals surface area contributed by atoms with E-state index in [1.807, 2.05) is 18.4 Å². The van der Waals surface area contributed by atoms with Gasteiger partial charge in [-0.1, -0.05) is 11.6 Å². The Labute approximate surface area is 118 Å². The standard InChI is InChI=1S/C12H10ClNO2S2/c1-7-14-8(5-17-7)6-18-9-2-3-11(13)10(4-9)12(15)16/h2-5H,6H2,1H3,(H,15,16). The molecule has 2 rings (SSSR count). The Morgan fingerprint density at radius 1 is 1.56 bits per heavy atom. The van der Waals surface area contributed by atoms with Crippen molar-refractivity contribution in [2.75, 3.05) is 0 Å². The van der Waals surface area contributed by atoms with Crippen LogP contribution in [-0.2, 0) is 5.75 Å². The van der Waals surface area contributed by atoms with Gasteiger partial charge in [0.1, 0.15) is 0 Å². The van der Waals surface area contributed by atoms with E-state index in [4.69, 9.17) is 16.7 Å². The average molecular weight is 300 g/mol. The van der Waals surface area contributed by atoms with Crippen molar-refractivity contribution in [3.63, 3.8) is 0 Å². The number of thiazole rings is 1. The molecule has 1 N–H and O–H groups in total. The number of carbonyl (C=O) groups is 1. The third-order valence-corrected chi connectivity index (χ3v) is 4.40. The molecular weight excluding hydrogens is 290 g/mol. The number of aromatic carboxylic acids is 1. The van der Waals surface area contributed by atoms with Crippen LogP contribution in [-0.4, -0.2) is 16.1 Å². The average Bonchev–Trinajstić information content (AvgIpc) is 2.74. The van der Waals surface area contributed by atoms with Crippen LogP contribution in [0, 0.1) is 6.92 Å². The van der Waals surface area contributed by atoms with Crippen LogP contribution in [0.1, 0.15) is 21.1 Å². The van der Waals surface area contributed by atoms with Gasteiger partial charge in [0.2, 0.25) is 0 Å². The molecule has 0 atom stereocenters. The van der Waals surface area contributed by atoms with Crippen LogP contribution in [0.2, 0.25) is 5.02 Å². The summed E-state index contributed by atoms with van der Waals surface area (Å²) in [5.74, 6) is -0.280. The number of carboxylic acid groups (broad SMARTS) is 1. The van der Waals surface area contributed by atoms with Crippen molar-refractivity contribution in [2.24, 2.45) is 0 Å². The lowest BCUT2D eigenvalue weighted by atomic mass is 10.2. The first-order valence-electron chi connectivity index (χ1n) is 5.13. The molecule has 0 saturated heterocycles. The van der Waals surface area contributed by atoms with Crippen LogP contribution in [0.5, 0.6) is 0 Å². The fourth-order valence-corrected chi connectivity index (χ4v) is 3.13. The first-order valence-corrected chi connectivity index (χ1v) is 7.37. The Kier molecular flexibility index (Phi) is 4.27. The maximum atomic E-state index is 10.9. The van der Waals surface area contributed by atoms with E-state index in [0.29, 0.717) is 0 Å². The first kappa shape index (κ1) is 13.4. The van der Waals surface area contributed by atoms with Crippen LogP contribution in [0.3, 0.4) is 0 Å². The molecule has 0 fully saturated rings. The molecule has 0 unspecified atom stereocenters. The molecule has 0 bridgehead atoms. The number of hydrogen-bond donors (Lipinski definition) is 1. The number of nitrogens with zero attached hydrogens (tertiary/aromatic N) is 1. The minimum atomic E-state index is -1.01. The van der Waals surface area contributed by atoms with Crippen LogP contribution in [0.15, 0.2) is 28.5 Å². The van der Waals surface area contributed by atoms with Crippen molar-refractivity contribution in [2.45, 2.75) is 17.6 Å². The van der Waals surface area contributed by atoms with E-state index in [9.17, 15) is 4.79 Å². The number of thioether (sulfide) groups is 1. The van der Waals surface area contributed by atoms with E-state index < -0.39 is 5.97 Å². The van der Waals surface area contributed by atoms with Crippen LogP contribution >= 0.6 is 34.7 Å². The summed E-state index contributed by atoms with van der Waals surface area (Å²) in [7, 11) is 0. The number of halogens is 1. The molecule has 1 heterocycles. The SMILES string of the molecule is Cc1nc(CSc2ccc(Cl)c(C(=O)O)c2)cs1. The minimum Gasteiger partial charge on any atom is -0.478 e. The van der Waals surface area contributed by atoms with Gasteiger partial charge in [-0.25, -0.2) is 9.78 Å². The van der Waals surface area contributed by atoms with Gasteiger partial charge < -0.3 is 5.11 Å². The summed E-state index contributed by atoms with van der Waals surface area (Å²) in [6.45, 7) is 1.96. The molecule has 0 radical (unpaired) electrons. The Hall–Kier alpha value is -1.04. The van der Waals surface area contributed by atoms with Crippen molar-refractivity contribution >= 4 is 40.7 Å². The molecule has 3 nitrogen and oxygen atoms in total. The lowest BCUT2D eigenvalue weighted by molar-refractivity contribution is 0.0697. The summed E-state index contributed by atoms with van der Waals surface area (Å²) >= 11 is 8.97. The van der Waals surface area contributed by atoms with E-state index >= 15 is 0 Å². The highest BCUT2D eigenvalue weighted by molar-refractivity contribution is 7.98. The molecule has 0 aliphatic carbocycles. The predicted molar refractivity (Wildman–Crippen MR) is 74.8 cm³/mol. The van der Waals surface area contributed by atoms with Gasteiger partial charge in [-0.15, -0.1) is 23.1 Å². The van der Waals surface area contributed by atoms with Crippen LogP contribution in [0.25, 0.3) is 0 Å². The van der Waals surface area contributed by atoms with Crippen molar-refractivity contribution in [1.82, 2.24) is 4.98 Å². The van der Waals surface area contributed by atoms with E-state index in [1.165, 1.54) is 0 Å². The second kappa shape index (κ2) is 5.73. The quantitative estimate of drug-likeness (QED) is 0.864. The van der Waals surface area contributed by atoms with Gasteiger partial charge in [0, 0.05) is 16.0 Å². The lowest BCUT2D eigenvalue weighted by Gasteiger charge is -2.03. The lowest BCUT2D eigenvalue weighted by Crippen LogP contribution is -1.97. The number of benzene rings is 1. The van der Waals surface area contributed by atoms with E-state index in [-0.39, 0.29) is 10.6 Å². The Morgan fingerprint density at radius 3 is 2.94 bits per heavy atom. The molecule has 94 valence electrons. The summed E-state index contributed by atoms with van der Waals surface area (Å²) in [5.41, 5.74) is 1.14. The monoisotopic (exact) mass is 299 g/mol. The van der Waals surface area contributed by atoms with Gasteiger partial charge in [0.15, 0.2) is 0 Å². The highest BCUT2D eigenvalue weighted by Crippen LogP contribution is 2.27. The predicted octanol–water partition coefficient (Wildman–Crippen LogP) is 4.10. The molecule has 0 spiro atoms. The summed E-state index contributed by atoms with van der Waals surface area (Å²) in [5, 5.41) is 12.3. The molecule has 0 aliphatic heterocycles. The largest absolute Gasteiger partial charge is 0.478 e. The van der Waals surface area contributed by atoms with Gasteiger partial charge in [-0.05, 0) is 25.1 Å². The normalized spacial score (nSPS) is 10.6. The zero-order chi connectivity index (χ0) is 13.1. The van der Waals surface area contributed by atoms with E-state index in [0.717, 1.165) is 21.3 Å². The highest BCUT2D eigenvalue weighted by atomic mass is 35.5. The van der Waals surface area contributed by atoms with Gasteiger partial charge in [-0.2, -0.15) is 0 Å². The Balaban J connectivity index is 2.10. The number of hydrogen-bond acceptors (Lipinski definition) is 4. The van der Waals surface area contributed by atoms with E-state index in [1.54, 1.807) is 35.2 Å². The second-order valence-electron chi connectivity index (χ2n) is 3.59. The van der Waals surface area contributed by atoms with Crippen molar-refractivity contribution < 1.29 is 9.90 Å². The summed E-state index contributed by atoms with van der Waals surface area (Å²) in [4.78, 5) is 16.2. The Bertz CT molecular complexity index is 583. The molecular formula is C12H10ClNO2S2. The van der Waals surface area contributed by atoms with Crippen molar-refractivity contribution in [3.8, 4) is 0 Å². The van der Waals surface area contributed by atoms with Crippen LogP contribution in [0.4, 0.5) is 0 Å². The highest BCUT2D eigenvalue weighted by Gasteiger charge is 2.10. The summed E-state index contributed by atoms with van der Waals surface area (Å²) in [6.07, 6.45) is 0. The summed E-state index contributed by atoms with van der Waals surface area (Å²) < 4.78 is 0. The number of rotatable bonds is 4. The zero-order valence-corrected chi connectivity index (χ0v) is 11.9. The second-order valence-corrected chi connectivity index (χ2v) is 6.11. The molecule has 0 amide bonds. The molecule has 18 heavy (non-hydrogen) atoms. The van der Waals surface area contributed by atoms with E-state index in [2.05, 4.69) is 4.98 Å². The third-order valence-electron chi connectivity index (χ3n) is 2.22. The van der Waals surface area contributed by atoms with Gasteiger partial charge in [-0.3, -0.25) is 0 Å². The van der Waals surface area contributed by atoms with Crippen molar-refractivity contribution in [1.29, 1.82) is 0 Å². The molecule has 1 aromatic carbocycles.